The van der Waals surface area contributed by atoms with Crippen molar-refractivity contribution in [1.29, 1.82) is 0 Å². The average molecular weight is 386 g/mol. The van der Waals surface area contributed by atoms with E-state index in [1.165, 1.54) is 6.07 Å². The fourth-order valence-electron chi connectivity index (χ4n) is 2.54. The van der Waals surface area contributed by atoms with Crippen molar-refractivity contribution >= 4 is 29.3 Å². The number of anilines is 1. The maximum absolute atomic E-state index is 12.3. The molecule has 1 aliphatic carbocycles. The number of rotatable bonds is 8. The summed E-state index contributed by atoms with van der Waals surface area (Å²) in [5, 5.41) is 6.11. The molecule has 7 nitrogen and oxygen atoms in total. The number of aromatic nitrogens is 2. The van der Waals surface area contributed by atoms with Gasteiger partial charge in [-0.1, -0.05) is 37.2 Å². The SMILES string of the molecule is CCCc1cc(=O)[nH]c(SCC(=O)Nc2ccccc2C(=O)NC2CC2)n1. The molecular formula is C19H22N4O3S. The van der Waals surface area contributed by atoms with Gasteiger partial charge in [0.25, 0.3) is 11.5 Å². The number of H-pyrrole nitrogens is 1. The van der Waals surface area contributed by atoms with Crippen LogP contribution in [0.2, 0.25) is 0 Å². The van der Waals surface area contributed by atoms with Crippen LogP contribution in [-0.4, -0.2) is 33.6 Å². The molecule has 0 saturated heterocycles. The molecule has 3 rings (SSSR count). The molecule has 2 aromatic rings. The Labute approximate surface area is 161 Å². The van der Waals surface area contributed by atoms with Gasteiger partial charge < -0.3 is 15.6 Å². The summed E-state index contributed by atoms with van der Waals surface area (Å²) in [6.07, 6.45) is 3.60. The molecule has 27 heavy (non-hydrogen) atoms. The van der Waals surface area contributed by atoms with Crippen LogP contribution in [0.25, 0.3) is 0 Å². The van der Waals surface area contributed by atoms with Gasteiger partial charge in [0, 0.05) is 17.8 Å². The lowest BCUT2D eigenvalue weighted by Gasteiger charge is -2.11. The van der Waals surface area contributed by atoms with Crippen LogP contribution in [0.5, 0.6) is 0 Å². The number of nitrogens with zero attached hydrogens (tertiary/aromatic N) is 1. The van der Waals surface area contributed by atoms with Crippen molar-refractivity contribution < 1.29 is 9.59 Å². The number of aryl methyl sites for hydroxylation is 1. The highest BCUT2D eigenvalue weighted by Gasteiger charge is 2.25. The summed E-state index contributed by atoms with van der Waals surface area (Å²) in [4.78, 5) is 43.3. The predicted molar refractivity (Wildman–Crippen MR) is 105 cm³/mol. The monoisotopic (exact) mass is 386 g/mol. The van der Waals surface area contributed by atoms with Crippen LogP contribution in [0.1, 0.15) is 42.2 Å². The minimum absolute atomic E-state index is 0.0805. The highest BCUT2D eigenvalue weighted by molar-refractivity contribution is 7.99. The van der Waals surface area contributed by atoms with Gasteiger partial charge >= 0.3 is 0 Å². The third kappa shape index (κ3) is 5.68. The van der Waals surface area contributed by atoms with Gasteiger partial charge in [-0.05, 0) is 31.4 Å². The maximum atomic E-state index is 12.3. The van der Waals surface area contributed by atoms with Crippen molar-refractivity contribution in [3.8, 4) is 0 Å². The van der Waals surface area contributed by atoms with Crippen LogP contribution in [0, 0.1) is 0 Å². The topological polar surface area (TPSA) is 104 Å². The van der Waals surface area contributed by atoms with Gasteiger partial charge in [0.15, 0.2) is 5.16 Å². The molecule has 1 saturated carbocycles. The van der Waals surface area contributed by atoms with E-state index in [0.717, 1.165) is 31.0 Å². The van der Waals surface area contributed by atoms with Gasteiger partial charge in [0.2, 0.25) is 5.91 Å². The van der Waals surface area contributed by atoms with E-state index < -0.39 is 0 Å². The van der Waals surface area contributed by atoms with E-state index in [2.05, 4.69) is 20.6 Å². The molecule has 3 N–H and O–H groups in total. The first kappa shape index (κ1) is 19.2. The van der Waals surface area contributed by atoms with E-state index in [4.69, 9.17) is 0 Å². The summed E-state index contributed by atoms with van der Waals surface area (Å²) in [6, 6.07) is 8.64. The zero-order valence-electron chi connectivity index (χ0n) is 15.1. The van der Waals surface area contributed by atoms with E-state index in [1.807, 2.05) is 6.92 Å². The van der Waals surface area contributed by atoms with E-state index in [9.17, 15) is 14.4 Å². The summed E-state index contributed by atoms with van der Waals surface area (Å²) in [5.74, 6) is -0.369. The van der Waals surface area contributed by atoms with E-state index in [1.54, 1.807) is 24.3 Å². The summed E-state index contributed by atoms with van der Waals surface area (Å²) >= 11 is 1.16. The predicted octanol–water partition coefficient (Wildman–Crippen LogP) is 2.35. The van der Waals surface area contributed by atoms with E-state index in [0.29, 0.717) is 28.5 Å². The lowest BCUT2D eigenvalue weighted by molar-refractivity contribution is -0.113. The smallest absolute Gasteiger partial charge is 0.253 e. The van der Waals surface area contributed by atoms with Crippen LogP contribution in [-0.2, 0) is 11.2 Å². The molecule has 0 spiro atoms. The summed E-state index contributed by atoms with van der Waals surface area (Å²) < 4.78 is 0. The van der Waals surface area contributed by atoms with Gasteiger partial charge in [-0.25, -0.2) is 4.98 Å². The first-order valence-corrected chi connectivity index (χ1v) is 9.96. The van der Waals surface area contributed by atoms with E-state index in [-0.39, 0.29) is 29.2 Å². The van der Waals surface area contributed by atoms with E-state index >= 15 is 0 Å². The largest absolute Gasteiger partial charge is 0.349 e. The number of nitrogens with one attached hydrogen (secondary N) is 3. The first-order valence-electron chi connectivity index (χ1n) is 8.98. The number of amides is 2. The van der Waals surface area contributed by atoms with Gasteiger partial charge in [-0.3, -0.25) is 14.4 Å². The lowest BCUT2D eigenvalue weighted by Crippen LogP contribution is -2.27. The second kappa shape index (κ2) is 8.85. The van der Waals surface area contributed by atoms with Crippen molar-refractivity contribution in [2.45, 2.75) is 43.8 Å². The zero-order chi connectivity index (χ0) is 19.2. The molecule has 1 aromatic heterocycles. The van der Waals surface area contributed by atoms with Crippen LogP contribution < -0.4 is 16.2 Å². The number of hydrogen-bond acceptors (Lipinski definition) is 5. The molecular weight excluding hydrogens is 364 g/mol. The molecule has 0 aliphatic heterocycles. The molecule has 1 aromatic carbocycles. The number of thioether (sulfide) groups is 1. The standard InChI is InChI=1S/C19H22N4O3S/c1-2-5-13-10-16(24)23-19(21-13)27-11-17(25)22-15-7-4-3-6-14(15)18(26)20-12-8-9-12/h3-4,6-7,10,12H,2,5,8-9,11H2,1H3,(H,20,26)(H,22,25)(H,21,23,24). The Morgan fingerprint density at radius 3 is 2.81 bits per heavy atom. The van der Waals surface area contributed by atoms with Crippen molar-refractivity contribution in [1.82, 2.24) is 15.3 Å². The molecule has 0 bridgehead atoms. The minimum Gasteiger partial charge on any atom is -0.349 e. The molecule has 1 aliphatic rings. The Morgan fingerprint density at radius 2 is 2.07 bits per heavy atom. The number of benzene rings is 1. The van der Waals surface area contributed by atoms with Gasteiger partial charge in [-0.2, -0.15) is 0 Å². The third-order valence-corrected chi connectivity index (χ3v) is 4.85. The zero-order valence-corrected chi connectivity index (χ0v) is 15.9. The number of para-hydroxylation sites is 1. The Morgan fingerprint density at radius 1 is 1.30 bits per heavy atom. The van der Waals surface area contributed by atoms with Gasteiger partial charge in [0.05, 0.1) is 17.0 Å². The fourth-order valence-corrected chi connectivity index (χ4v) is 3.23. The highest BCUT2D eigenvalue weighted by atomic mass is 32.2. The van der Waals surface area contributed by atoms with Crippen molar-refractivity contribution in [2.24, 2.45) is 0 Å². The molecule has 0 radical (unpaired) electrons. The van der Waals surface area contributed by atoms with Crippen LogP contribution in [0.3, 0.4) is 0 Å². The Balaban J connectivity index is 1.61. The average Bonchev–Trinajstić information content (AvgIpc) is 3.44. The molecule has 2 amide bonds. The normalized spacial score (nSPS) is 13.2. The Bertz CT molecular complexity index is 893. The first-order chi connectivity index (χ1) is 13.0. The summed E-state index contributed by atoms with van der Waals surface area (Å²) in [5.41, 5.74) is 1.41. The number of carbonyl (C=O) groups excluding carboxylic acids is 2. The number of aromatic amines is 1. The minimum atomic E-state index is -0.268. The van der Waals surface area contributed by atoms with Crippen LogP contribution in [0.15, 0.2) is 40.3 Å². The van der Waals surface area contributed by atoms with Crippen molar-refractivity contribution in [3.63, 3.8) is 0 Å². The third-order valence-electron chi connectivity index (χ3n) is 3.98. The van der Waals surface area contributed by atoms with Gasteiger partial charge in [0.1, 0.15) is 0 Å². The molecule has 8 heteroatoms. The molecule has 0 atom stereocenters. The fraction of sp³-hybridized carbons (Fsp3) is 0.368. The van der Waals surface area contributed by atoms with Crippen LogP contribution >= 0.6 is 11.8 Å². The van der Waals surface area contributed by atoms with Crippen molar-refractivity contribution in [3.05, 3.63) is 51.9 Å². The second-order valence-corrected chi connectivity index (χ2v) is 7.39. The highest BCUT2D eigenvalue weighted by Crippen LogP contribution is 2.22. The molecule has 0 unspecified atom stereocenters. The second-order valence-electron chi connectivity index (χ2n) is 6.42. The summed E-state index contributed by atoms with van der Waals surface area (Å²) in [6.45, 7) is 2.01. The van der Waals surface area contributed by atoms with Gasteiger partial charge in [-0.15, -0.1) is 0 Å². The Hall–Kier alpha value is -2.61. The Kier molecular flexibility index (Phi) is 6.28. The maximum Gasteiger partial charge on any atom is 0.253 e. The molecule has 1 heterocycles. The van der Waals surface area contributed by atoms with Crippen molar-refractivity contribution in [2.75, 3.05) is 11.1 Å². The van der Waals surface area contributed by atoms with Crippen LogP contribution in [0.4, 0.5) is 5.69 Å². The molecule has 1 fully saturated rings. The lowest BCUT2D eigenvalue weighted by atomic mass is 10.1. The number of carbonyl (C=O) groups is 2. The molecule has 142 valence electrons. The quantitative estimate of drug-likeness (QED) is 0.477. The summed E-state index contributed by atoms with van der Waals surface area (Å²) in [7, 11) is 0. The number of hydrogen-bond donors (Lipinski definition) is 3.